The van der Waals surface area contributed by atoms with Crippen LogP contribution in [0.25, 0.3) is 0 Å². The van der Waals surface area contributed by atoms with E-state index in [-0.39, 0.29) is 5.56 Å². The third-order valence-electron chi connectivity index (χ3n) is 2.67. The van der Waals surface area contributed by atoms with Gasteiger partial charge in [0.2, 0.25) is 0 Å². The molecule has 0 fully saturated rings. The van der Waals surface area contributed by atoms with Gasteiger partial charge in [-0.25, -0.2) is 13.2 Å². The summed E-state index contributed by atoms with van der Waals surface area (Å²) in [6.45, 7) is 4.05. The summed E-state index contributed by atoms with van der Waals surface area (Å²) in [5.74, 6) is 1.93. The van der Waals surface area contributed by atoms with Crippen LogP contribution in [-0.4, -0.2) is 0 Å². The molecule has 0 bridgehead atoms. The van der Waals surface area contributed by atoms with Crippen LogP contribution in [0.15, 0.2) is 12.1 Å². The predicted molar refractivity (Wildman–Crippen MR) is 60.5 cm³/mol. The number of nitrogens with two attached hydrogens (primary N) is 1. The number of benzene rings is 1. The summed E-state index contributed by atoms with van der Waals surface area (Å²) in [5, 5.41) is 0. The normalized spacial score (nSPS) is 13.1. The molecule has 1 rings (SSSR count). The van der Waals surface area contributed by atoms with E-state index in [1.54, 1.807) is 0 Å². The van der Waals surface area contributed by atoms with E-state index in [4.69, 9.17) is 5.84 Å². The summed E-state index contributed by atoms with van der Waals surface area (Å²) in [4.78, 5) is 0. The molecule has 0 aromatic heterocycles. The third-order valence-corrected chi connectivity index (χ3v) is 2.67. The van der Waals surface area contributed by atoms with Gasteiger partial charge in [0.1, 0.15) is 0 Å². The molecule has 0 amide bonds. The quantitative estimate of drug-likeness (QED) is 0.476. The molecular formula is C12H17F3N2. The molecule has 0 aliphatic rings. The van der Waals surface area contributed by atoms with Crippen molar-refractivity contribution in [3.05, 3.63) is 35.1 Å². The standard InChI is InChI=1S/C12H17F3N2/c1-7(2)3-6-10(17-16)8-4-5-9(13)12(15)11(8)14/h4-5,7,10,17H,3,6,16H2,1-2H3. The first-order valence-corrected chi connectivity index (χ1v) is 5.56. The highest BCUT2D eigenvalue weighted by Crippen LogP contribution is 2.25. The molecule has 0 aliphatic carbocycles. The molecule has 0 heterocycles. The van der Waals surface area contributed by atoms with Gasteiger partial charge in [-0.1, -0.05) is 19.9 Å². The minimum Gasteiger partial charge on any atom is -0.271 e. The van der Waals surface area contributed by atoms with Crippen molar-refractivity contribution >= 4 is 0 Å². The van der Waals surface area contributed by atoms with E-state index < -0.39 is 23.5 Å². The van der Waals surface area contributed by atoms with Crippen molar-refractivity contribution in [1.82, 2.24) is 5.43 Å². The summed E-state index contributed by atoms with van der Waals surface area (Å²) in [6, 6.07) is 1.62. The first kappa shape index (κ1) is 14.0. The largest absolute Gasteiger partial charge is 0.271 e. The second-order valence-corrected chi connectivity index (χ2v) is 4.46. The fourth-order valence-corrected chi connectivity index (χ4v) is 1.64. The van der Waals surface area contributed by atoms with Crippen molar-refractivity contribution in [2.45, 2.75) is 32.7 Å². The Morgan fingerprint density at radius 1 is 1.12 bits per heavy atom. The molecule has 0 spiro atoms. The predicted octanol–water partition coefficient (Wildman–Crippen LogP) is 3.04. The van der Waals surface area contributed by atoms with E-state index in [1.807, 2.05) is 13.8 Å². The van der Waals surface area contributed by atoms with Crippen LogP contribution in [0.5, 0.6) is 0 Å². The Bertz CT molecular complexity index is 380. The van der Waals surface area contributed by atoms with Crippen LogP contribution in [-0.2, 0) is 0 Å². The summed E-state index contributed by atoms with van der Waals surface area (Å²) < 4.78 is 39.4. The fraction of sp³-hybridized carbons (Fsp3) is 0.500. The lowest BCUT2D eigenvalue weighted by Gasteiger charge is -2.18. The van der Waals surface area contributed by atoms with Gasteiger partial charge in [-0.2, -0.15) is 0 Å². The molecule has 0 saturated heterocycles. The lowest BCUT2D eigenvalue weighted by molar-refractivity contribution is 0.403. The Balaban J connectivity index is 2.92. The minimum atomic E-state index is -1.45. The zero-order chi connectivity index (χ0) is 13.0. The van der Waals surface area contributed by atoms with E-state index in [9.17, 15) is 13.2 Å². The highest BCUT2D eigenvalue weighted by atomic mass is 19.2. The number of hydrogen-bond donors (Lipinski definition) is 2. The fourth-order valence-electron chi connectivity index (χ4n) is 1.64. The minimum absolute atomic E-state index is 0.0621. The average molecular weight is 246 g/mol. The third kappa shape index (κ3) is 3.44. The van der Waals surface area contributed by atoms with Crippen LogP contribution in [0.4, 0.5) is 13.2 Å². The average Bonchev–Trinajstić information content (AvgIpc) is 2.29. The molecular weight excluding hydrogens is 229 g/mol. The van der Waals surface area contributed by atoms with Crippen molar-refractivity contribution < 1.29 is 13.2 Å². The number of hydrogen-bond acceptors (Lipinski definition) is 2. The van der Waals surface area contributed by atoms with Crippen LogP contribution in [0.3, 0.4) is 0 Å². The van der Waals surface area contributed by atoms with Gasteiger partial charge in [0.05, 0.1) is 0 Å². The smallest absolute Gasteiger partial charge is 0.194 e. The topological polar surface area (TPSA) is 38.0 Å². The molecule has 1 atom stereocenters. The van der Waals surface area contributed by atoms with Crippen molar-refractivity contribution in [3.63, 3.8) is 0 Å². The lowest BCUT2D eigenvalue weighted by atomic mass is 9.97. The van der Waals surface area contributed by atoms with Crippen molar-refractivity contribution in [3.8, 4) is 0 Å². The van der Waals surface area contributed by atoms with Crippen LogP contribution in [0, 0.1) is 23.4 Å². The Kier molecular flexibility index (Phi) is 4.96. The van der Waals surface area contributed by atoms with Gasteiger partial charge in [0.25, 0.3) is 0 Å². The van der Waals surface area contributed by atoms with Crippen LogP contribution in [0.2, 0.25) is 0 Å². The second-order valence-electron chi connectivity index (χ2n) is 4.46. The van der Waals surface area contributed by atoms with E-state index in [0.717, 1.165) is 12.5 Å². The zero-order valence-electron chi connectivity index (χ0n) is 9.93. The molecule has 17 heavy (non-hydrogen) atoms. The van der Waals surface area contributed by atoms with E-state index >= 15 is 0 Å². The maximum atomic E-state index is 13.5. The first-order chi connectivity index (χ1) is 7.97. The number of rotatable bonds is 5. The molecule has 0 radical (unpaired) electrons. The summed E-state index contributed by atoms with van der Waals surface area (Å²) in [6.07, 6.45) is 1.38. The van der Waals surface area contributed by atoms with Crippen molar-refractivity contribution in [2.24, 2.45) is 11.8 Å². The van der Waals surface area contributed by atoms with Gasteiger partial charge in [-0.05, 0) is 24.8 Å². The monoisotopic (exact) mass is 246 g/mol. The molecule has 0 saturated carbocycles. The van der Waals surface area contributed by atoms with Crippen LogP contribution >= 0.6 is 0 Å². The van der Waals surface area contributed by atoms with Crippen LogP contribution in [0.1, 0.15) is 38.3 Å². The summed E-state index contributed by atoms with van der Waals surface area (Å²) in [7, 11) is 0. The maximum absolute atomic E-state index is 13.5. The van der Waals surface area contributed by atoms with Gasteiger partial charge >= 0.3 is 0 Å². The molecule has 1 aromatic carbocycles. The maximum Gasteiger partial charge on any atom is 0.194 e. The van der Waals surface area contributed by atoms with E-state index in [2.05, 4.69) is 5.43 Å². The molecule has 5 heteroatoms. The molecule has 0 aliphatic heterocycles. The summed E-state index contributed by atoms with van der Waals surface area (Å²) >= 11 is 0. The summed E-state index contributed by atoms with van der Waals surface area (Å²) in [5.41, 5.74) is 2.49. The van der Waals surface area contributed by atoms with Crippen LogP contribution < -0.4 is 11.3 Å². The lowest BCUT2D eigenvalue weighted by Crippen LogP contribution is -2.29. The number of hydrazine groups is 1. The van der Waals surface area contributed by atoms with Gasteiger partial charge in [-0.15, -0.1) is 0 Å². The number of halogens is 3. The first-order valence-electron chi connectivity index (χ1n) is 5.56. The van der Waals surface area contributed by atoms with Crippen molar-refractivity contribution in [1.29, 1.82) is 0 Å². The van der Waals surface area contributed by atoms with E-state index in [1.165, 1.54) is 6.07 Å². The molecule has 1 unspecified atom stereocenters. The molecule has 2 nitrogen and oxygen atoms in total. The second kappa shape index (κ2) is 6.02. The Morgan fingerprint density at radius 2 is 1.76 bits per heavy atom. The Labute approximate surface area is 99.0 Å². The van der Waals surface area contributed by atoms with Crippen molar-refractivity contribution in [2.75, 3.05) is 0 Å². The SMILES string of the molecule is CC(C)CCC(NN)c1ccc(F)c(F)c1F. The van der Waals surface area contributed by atoms with Gasteiger partial charge in [0.15, 0.2) is 17.5 Å². The van der Waals surface area contributed by atoms with Gasteiger partial charge < -0.3 is 0 Å². The highest BCUT2D eigenvalue weighted by molar-refractivity contribution is 5.23. The Hall–Kier alpha value is -1.07. The highest BCUT2D eigenvalue weighted by Gasteiger charge is 2.20. The molecule has 3 N–H and O–H groups in total. The van der Waals surface area contributed by atoms with Gasteiger partial charge in [-0.3, -0.25) is 11.3 Å². The van der Waals surface area contributed by atoms with Gasteiger partial charge in [0, 0.05) is 11.6 Å². The zero-order valence-corrected chi connectivity index (χ0v) is 9.93. The molecule has 1 aromatic rings. The number of nitrogens with one attached hydrogen (secondary N) is 1. The van der Waals surface area contributed by atoms with E-state index in [0.29, 0.717) is 12.3 Å². The molecule has 96 valence electrons. The Morgan fingerprint density at radius 3 is 2.29 bits per heavy atom.